The second-order valence-electron chi connectivity index (χ2n) is 8.59. The molecule has 1 aliphatic heterocycles. The summed E-state index contributed by atoms with van der Waals surface area (Å²) in [6.45, 7) is 6.58. The number of sulfone groups is 1. The van der Waals surface area contributed by atoms with Gasteiger partial charge in [-0.15, -0.1) is 0 Å². The number of hydrogen-bond acceptors (Lipinski definition) is 4. The number of carbonyl (C=O) groups is 1. The third-order valence-electron chi connectivity index (χ3n) is 5.82. The molecule has 1 amide bonds. The van der Waals surface area contributed by atoms with Crippen molar-refractivity contribution in [3.63, 3.8) is 0 Å². The Morgan fingerprint density at radius 1 is 1.22 bits per heavy atom. The van der Waals surface area contributed by atoms with Crippen LogP contribution in [0.1, 0.15) is 54.6 Å². The van der Waals surface area contributed by atoms with E-state index >= 15 is 0 Å². The minimum absolute atomic E-state index is 0.252. The molecule has 1 fully saturated rings. The highest BCUT2D eigenvalue weighted by atomic mass is 32.2. The summed E-state index contributed by atoms with van der Waals surface area (Å²) in [4.78, 5) is 14.1. The van der Waals surface area contributed by atoms with Crippen LogP contribution >= 0.6 is 0 Å². The fourth-order valence-corrected chi connectivity index (χ4v) is 5.09. The summed E-state index contributed by atoms with van der Waals surface area (Å²) < 4.78 is 23.1. The van der Waals surface area contributed by atoms with Crippen LogP contribution in [0.4, 0.5) is 0 Å². The number of amides is 1. The summed E-state index contributed by atoms with van der Waals surface area (Å²) >= 11 is 0. The first-order valence-electron chi connectivity index (χ1n) is 9.70. The van der Waals surface area contributed by atoms with Gasteiger partial charge in [0.25, 0.3) is 0 Å². The Hall–Kier alpha value is -1.66. The predicted molar refractivity (Wildman–Crippen MR) is 109 cm³/mol. The van der Waals surface area contributed by atoms with Crippen LogP contribution in [0, 0.1) is 5.41 Å². The third-order valence-corrected chi connectivity index (χ3v) is 7.43. The highest BCUT2D eigenvalue weighted by Crippen LogP contribution is 2.39. The zero-order valence-electron chi connectivity index (χ0n) is 16.3. The number of allylic oxidation sites excluding steroid dienone is 2. The Balaban J connectivity index is 1.74. The molecule has 1 aromatic rings. The summed E-state index contributed by atoms with van der Waals surface area (Å²) in [5.41, 5.74) is 9.86. The summed E-state index contributed by atoms with van der Waals surface area (Å²) in [6, 6.07) is 5.91. The molecule has 0 spiro atoms. The van der Waals surface area contributed by atoms with E-state index in [-0.39, 0.29) is 17.4 Å². The van der Waals surface area contributed by atoms with Crippen molar-refractivity contribution in [1.29, 1.82) is 0 Å². The van der Waals surface area contributed by atoms with E-state index in [1.807, 2.05) is 12.1 Å². The van der Waals surface area contributed by atoms with Gasteiger partial charge in [-0.05, 0) is 53.9 Å². The van der Waals surface area contributed by atoms with Crippen molar-refractivity contribution in [3.05, 3.63) is 41.0 Å². The van der Waals surface area contributed by atoms with Crippen LogP contribution in [0.3, 0.4) is 0 Å². The van der Waals surface area contributed by atoms with Crippen LogP contribution in [-0.2, 0) is 16.3 Å². The predicted octanol–water partition coefficient (Wildman–Crippen LogP) is 2.65. The molecule has 0 radical (unpaired) electrons. The van der Waals surface area contributed by atoms with Crippen molar-refractivity contribution in [2.75, 3.05) is 31.1 Å². The molecule has 148 valence electrons. The van der Waals surface area contributed by atoms with Crippen LogP contribution in [0.5, 0.6) is 0 Å². The molecule has 6 heteroatoms. The number of carbonyl (C=O) groups excluding carboxylic acids is 1. The van der Waals surface area contributed by atoms with Gasteiger partial charge in [0, 0.05) is 25.2 Å². The van der Waals surface area contributed by atoms with Crippen molar-refractivity contribution in [2.45, 2.75) is 39.5 Å². The number of nitrogens with two attached hydrogens (primary N) is 1. The molecule has 1 aliphatic carbocycles. The smallest absolute Gasteiger partial charge is 0.249 e. The Labute approximate surface area is 162 Å². The number of nitrogens with zero attached hydrogens (tertiary/aromatic N) is 1. The molecule has 2 aliphatic rings. The van der Waals surface area contributed by atoms with Crippen LogP contribution in [0.25, 0.3) is 5.57 Å². The Bertz CT molecular complexity index is 842. The zero-order valence-corrected chi connectivity index (χ0v) is 17.1. The van der Waals surface area contributed by atoms with E-state index in [0.717, 1.165) is 43.4 Å². The number of rotatable bonds is 5. The average Bonchev–Trinajstić information content (AvgIpc) is 2.60. The van der Waals surface area contributed by atoms with E-state index in [9.17, 15) is 13.2 Å². The standard InChI is InChI=1S/C21H30N2O3S/c1-21(2)8-5-17(6-9-21)19-15-16(3-4-18(19)20(22)24)7-10-23-11-13-27(25,26)14-12-23/h3-5,15H,6-14H2,1-2H3,(H2,22,24). The first-order chi connectivity index (χ1) is 12.7. The van der Waals surface area contributed by atoms with E-state index in [4.69, 9.17) is 5.73 Å². The molecule has 0 unspecified atom stereocenters. The van der Waals surface area contributed by atoms with Crippen LogP contribution in [0.15, 0.2) is 24.3 Å². The van der Waals surface area contributed by atoms with Crippen molar-refractivity contribution in [3.8, 4) is 0 Å². The second-order valence-corrected chi connectivity index (χ2v) is 10.9. The number of benzene rings is 1. The molecule has 27 heavy (non-hydrogen) atoms. The van der Waals surface area contributed by atoms with E-state index in [1.54, 1.807) is 0 Å². The molecule has 1 saturated heterocycles. The molecule has 1 aromatic carbocycles. The molecule has 0 atom stereocenters. The molecule has 0 saturated carbocycles. The van der Waals surface area contributed by atoms with Crippen LogP contribution in [0.2, 0.25) is 0 Å². The Morgan fingerprint density at radius 2 is 1.93 bits per heavy atom. The van der Waals surface area contributed by atoms with Gasteiger partial charge in [0.1, 0.15) is 0 Å². The fourth-order valence-electron chi connectivity index (χ4n) is 3.81. The monoisotopic (exact) mass is 390 g/mol. The van der Waals surface area contributed by atoms with Crippen LogP contribution < -0.4 is 5.73 Å². The first-order valence-corrected chi connectivity index (χ1v) is 11.5. The van der Waals surface area contributed by atoms with Gasteiger partial charge in [-0.2, -0.15) is 0 Å². The molecule has 0 bridgehead atoms. The minimum atomic E-state index is -2.85. The maximum absolute atomic E-state index is 11.9. The highest BCUT2D eigenvalue weighted by Gasteiger charge is 2.24. The normalized spacial score (nSPS) is 22.2. The highest BCUT2D eigenvalue weighted by molar-refractivity contribution is 7.91. The number of hydrogen-bond donors (Lipinski definition) is 1. The van der Waals surface area contributed by atoms with Crippen LogP contribution in [-0.4, -0.2) is 50.4 Å². The third kappa shape index (κ3) is 5.20. The summed E-state index contributed by atoms with van der Waals surface area (Å²) in [7, 11) is -2.85. The summed E-state index contributed by atoms with van der Waals surface area (Å²) in [6.07, 6.45) is 6.16. The SMILES string of the molecule is CC1(C)CC=C(c2cc(CCN3CCS(=O)(=O)CC3)ccc2C(N)=O)CC1. The maximum Gasteiger partial charge on any atom is 0.249 e. The van der Waals surface area contributed by atoms with Gasteiger partial charge in [0.2, 0.25) is 5.91 Å². The van der Waals surface area contributed by atoms with Gasteiger partial charge in [-0.25, -0.2) is 8.42 Å². The molecular formula is C21H30N2O3S. The quantitative estimate of drug-likeness (QED) is 0.838. The van der Waals surface area contributed by atoms with E-state index in [0.29, 0.717) is 24.1 Å². The lowest BCUT2D eigenvalue weighted by Crippen LogP contribution is -2.41. The van der Waals surface area contributed by atoms with Crippen molar-refractivity contribution < 1.29 is 13.2 Å². The van der Waals surface area contributed by atoms with Gasteiger partial charge in [-0.3, -0.25) is 4.79 Å². The Kier molecular flexibility index (Phi) is 5.77. The Morgan fingerprint density at radius 3 is 2.52 bits per heavy atom. The fraction of sp³-hybridized carbons (Fsp3) is 0.571. The average molecular weight is 391 g/mol. The molecule has 0 aromatic heterocycles. The molecule has 3 rings (SSSR count). The van der Waals surface area contributed by atoms with Gasteiger partial charge in [0.15, 0.2) is 9.84 Å². The van der Waals surface area contributed by atoms with Crippen molar-refractivity contribution in [1.82, 2.24) is 4.90 Å². The lowest BCUT2D eigenvalue weighted by Gasteiger charge is -2.29. The minimum Gasteiger partial charge on any atom is -0.366 e. The van der Waals surface area contributed by atoms with E-state index in [1.165, 1.54) is 5.57 Å². The number of primary amides is 1. The summed E-state index contributed by atoms with van der Waals surface area (Å²) in [5.74, 6) is 0.117. The van der Waals surface area contributed by atoms with Gasteiger partial charge in [-0.1, -0.05) is 32.1 Å². The van der Waals surface area contributed by atoms with E-state index < -0.39 is 9.84 Å². The lowest BCUT2D eigenvalue weighted by atomic mass is 9.76. The lowest BCUT2D eigenvalue weighted by molar-refractivity contribution is 0.1000. The largest absolute Gasteiger partial charge is 0.366 e. The molecule has 1 heterocycles. The molecule has 5 nitrogen and oxygen atoms in total. The van der Waals surface area contributed by atoms with Gasteiger partial charge in [0.05, 0.1) is 11.5 Å². The van der Waals surface area contributed by atoms with Gasteiger partial charge >= 0.3 is 0 Å². The summed E-state index contributed by atoms with van der Waals surface area (Å²) in [5, 5.41) is 0. The van der Waals surface area contributed by atoms with Crippen molar-refractivity contribution >= 4 is 21.3 Å². The van der Waals surface area contributed by atoms with Gasteiger partial charge < -0.3 is 10.6 Å². The topological polar surface area (TPSA) is 80.5 Å². The first kappa shape index (κ1) is 20.1. The van der Waals surface area contributed by atoms with E-state index in [2.05, 4.69) is 30.9 Å². The van der Waals surface area contributed by atoms with Crippen molar-refractivity contribution in [2.24, 2.45) is 11.1 Å². The maximum atomic E-state index is 11.9. The second kappa shape index (κ2) is 7.76. The zero-order chi connectivity index (χ0) is 19.7. The molecule has 2 N–H and O–H groups in total. The molecular weight excluding hydrogens is 360 g/mol.